The first-order valence-corrected chi connectivity index (χ1v) is 11.1. The second-order valence-electron chi connectivity index (χ2n) is 8.24. The number of hydrogen-bond acceptors (Lipinski definition) is 11. The Bertz CT molecular complexity index is 499. The average Bonchev–Trinajstić information content (AvgIpc) is 2.77. The van der Waals surface area contributed by atoms with Gasteiger partial charge in [0.2, 0.25) is 0 Å². The molecule has 2 aliphatic rings. The summed E-state index contributed by atoms with van der Waals surface area (Å²) in [6.07, 6.45) is -6.98. The van der Waals surface area contributed by atoms with Crippen LogP contribution in [0, 0.1) is 0 Å². The first kappa shape index (κ1) is 26.8. The lowest BCUT2D eigenvalue weighted by Crippen LogP contribution is -2.62. The number of rotatable bonds is 12. The third-order valence-corrected chi connectivity index (χ3v) is 5.77. The zero-order chi connectivity index (χ0) is 23.0. The molecule has 11 nitrogen and oxygen atoms in total. The number of aliphatic hydroxyl groups excluding tert-OH is 6. The molecule has 2 rings (SSSR count). The van der Waals surface area contributed by atoms with Crippen LogP contribution in [0.15, 0.2) is 0 Å². The summed E-state index contributed by atoms with van der Waals surface area (Å²) in [5.74, 6) is 0. The fourth-order valence-electron chi connectivity index (χ4n) is 3.71. The van der Waals surface area contributed by atoms with Crippen molar-refractivity contribution in [1.82, 2.24) is 0 Å². The highest BCUT2D eigenvalue weighted by molar-refractivity contribution is 4.91. The van der Waals surface area contributed by atoms with Crippen molar-refractivity contribution in [2.75, 3.05) is 19.8 Å². The van der Waals surface area contributed by atoms with Gasteiger partial charge in [-0.3, -0.25) is 0 Å². The molecule has 0 aromatic heterocycles. The quantitative estimate of drug-likeness (QED) is 0.161. The van der Waals surface area contributed by atoms with E-state index in [2.05, 4.69) is 6.92 Å². The van der Waals surface area contributed by atoms with E-state index in [-0.39, 0.29) is 13.2 Å². The molecule has 0 saturated carbocycles. The largest absolute Gasteiger partial charge is 0.388 e. The van der Waals surface area contributed by atoms with Crippen molar-refractivity contribution in [2.24, 2.45) is 5.73 Å². The molecular formula is C20H39NO10. The summed E-state index contributed by atoms with van der Waals surface area (Å²) in [5.41, 5.74) is 5.49. The number of hydrogen-bond donors (Lipinski definition) is 7. The van der Waals surface area contributed by atoms with E-state index in [1.165, 1.54) is 6.42 Å². The van der Waals surface area contributed by atoms with Crippen molar-refractivity contribution in [2.45, 2.75) is 107 Å². The molecule has 0 unspecified atom stereocenters. The standard InChI is InChI=1S/C20H39NO10/c1-2-3-4-5-6-7-8-28-19-17(26)16(25)14(23)12(31-19)10-29-20-18(27)15(24)13(22)11(9-21)30-20/h11-20,22-27H,2-10,21H2,1H3/t11-,12-,13-,14-,15+,16+,17+,18-,19+,20+/m1/s1. The lowest BCUT2D eigenvalue weighted by Gasteiger charge is -2.42. The summed E-state index contributed by atoms with van der Waals surface area (Å²) in [5, 5.41) is 60.3. The smallest absolute Gasteiger partial charge is 0.186 e. The van der Waals surface area contributed by atoms with Crippen molar-refractivity contribution in [3.05, 3.63) is 0 Å². The molecule has 2 aliphatic heterocycles. The molecule has 11 heteroatoms. The third-order valence-electron chi connectivity index (χ3n) is 5.77. The van der Waals surface area contributed by atoms with E-state index >= 15 is 0 Å². The van der Waals surface area contributed by atoms with Gasteiger partial charge in [0.1, 0.15) is 48.8 Å². The summed E-state index contributed by atoms with van der Waals surface area (Å²) < 4.78 is 21.9. The SMILES string of the molecule is CCCCCCCCO[C@H]1O[C@H](CO[C@H]2O[C@H](CN)[C@@H](O)[C@H](O)[C@H]2O)[C@@H](O)[C@H](O)[C@@H]1O. The van der Waals surface area contributed by atoms with Crippen LogP contribution >= 0.6 is 0 Å². The van der Waals surface area contributed by atoms with E-state index < -0.39 is 61.4 Å². The maximum atomic E-state index is 10.2. The molecule has 0 spiro atoms. The maximum Gasteiger partial charge on any atom is 0.186 e. The van der Waals surface area contributed by atoms with E-state index in [1.54, 1.807) is 0 Å². The topological polar surface area (TPSA) is 184 Å². The Hall–Kier alpha value is -0.440. The number of unbranched alkanes of at least 4 members (excludes halogenated alkanes) is 5. The molecule has 2 fully saturated rings. The zero-order valence-corrected chi connectivity index (χ0v) is 18.0. The van der Waals surface area contributed by atoms with E-state index in [1.807, 2.05) is 0 Å². The molecule has 0 aromatic rings. The molecule has 0 bridgehead atoms. The molecule has 0 radical (unpaired) electrons. The summed E-state index contributed by atoms with van der Waals surface area (Å²) in [7, 11) is 0. The molecule has 2 heterocycles. The zero-order valence-electron chi connectivity index (χ0n) is 18.0. The van der Waals surface area contributed by atoms with Gasteiger partial charge in [-0.25, -0.2) is 0 Å². The van der Waals surface area contributed by atoms with E-state index in [9.17, 15) is 30.6 Å². The predicted molar refractivity (Wildman–Crippen MR) is 108 cm³/mol. The van der Waals surface area contributed by atoms with Gasteiger partial charge in [-0.05, 0) is 6.42 Å². The summed E-state index contributed by atoms with van der Waals surface area (Å²) in [6, 6.07) is 0. The fraction of sp³-hybridized carbons (Fsp3) is 1.00. The Kier molecular flexibility index (Phi) is 11.5. The molecule has 184 valence electrons. The van der Waals surface area contributed by atoms with Gasteiger partial charge in [0.05, 0.1) is 6.61 Å². The molecule has 10 atom stereocenters. The first-order chi connectivity index (χ1) is 14.8. The summed E-state index contributed by atoms with van der Waals surface area (Å²) >= 11 is 0. The Balaban J connectivity index is 1.83. The van der Waals surface area contributed by atoms with Crippen molar-refractivity contribution in [1.29, 1.82) is 0 Å². The Morgan fingerprint density at radius 1 is 0.645 bits per heavy atom. The van der Waals surface area contributed by atoms with Gasteiger partial charge in [-0.2, -0.15) is 0 Å². The normalized spacial score (nSPS) is 41.4. The lowest BCUT2D eigenvalue weighted by atomic mass is 9.98. The Labute approximate surface area is 182 Å². The fourth-order valence-corrected chi connectivity index (χ4v) is 3.71. The van der Waals surface area contributed by atoms with Gasteiger partial charge in [-0.15, -0.1) is 0 Å². The van der Waals surface area contributed by atoms with Crippen molar-refractivity contribution < 1.29 is 49.6 Å². The van der Waals surface area contributed by atoms with E-state index in [4.69, 9.17) is 24.7 Å². The van der Waals surface area contributed by atoms with Gasteiger partial charge in [0, 0.05) is 13.2 Å². The van der Waals surface area contributed by atoms with Gasteiger partial charge in [0.15, 0.2) is 12.6 Å². The van der Waals surface area contributed by atoms with E-state index in [0.717, 1.165) is 32.1 Å². The maximum absolute atomic E-state index is 10.2. The van der Waals surface area contributed by atoms with Crippen LogP contribution in [0.25, 0.3) is 0 Å². The molecular weight excluding hydrogens is 414 g/mol. The first-order valence-electron chi connectivity index (χ1n) is 11.1. The molecule has 0 aliphatic carbocycles. The predicted octanol–water partition coefficient (Wildman–Crippen LogP) is -2.05. The van der Waals surface area contributed by atoms with Gasteiger partial charge < -0.3 is 55.3 Å². The van der Waals surface area contributed by atoms with Crippen LogP contribution in [0.5, 0.6) is 0 Å². The molecule has 0 aromatic carbocycles. The van der Waals surface area contributed by atoms with Gasteiger partial charge in [-0.1, -0.05) is 39.0 Å². The van der Waals surface area contributed by atoms with Crippen molar-refractivity contribution in [3.63, 3.8) is 0 Å². The van der Waals surface area contributed by atoms with Gasteiger partial charge in [0.25, 0.3) is 0 Å². The van der Waals surface area contributed by atoms with Crippen molar-refractivity contribution in [3.8, 4) is 0 Å². The lowest BCUT2D eigenvalue weighted by molar-refractivity contribution is -0.328. The minimum absolute atomic E-state index is 0.105. The van der Waals surface area contributed by atoms with Crippen LogP contribution in [-0.4, -0.2) is 112 Å². The summed E-state index contributed by atoms with van der Waals surface area (Å²) in [4.78, 5) is 0. The Morgan fingerprint density at radius 3 is 1.77 bits per heavy atom. The molecule has 0 amide bonds. The highest BCUT2D eigenvalue weighted by Crippen LogP contribution is 2.26. The molecule has 2 saturated heterocycles. The highest BCUT2D eigenvalue weighted by atomic mass is 16.7. The monoisotopic (exact) mass is 453 g/mol. The molecule has 8 N–H and O–H groups in total. The van der Waals surface area contributed by atoms with Crippen LogP contribution in [0.1, 0.15) is 45.4 Å². The van der Waals surface area contributed by atoms with Gasteiger partial charge >= 0.3 is 0 Å². The van der Waals surface area contributed by atoms with Crippen LogP contribution in [-0.2, 0) is 18.9 Å². The van der Waals surface area contributed by atoms with E-state index in [0.29, 0.717) is 6.61 Å². The van der Waals surface area contributed by atoms with Crippen LogP contribution in [0.3, 0.4) is 0 Å². The molecule has 31 heavy (non-hydrogen) atoms. The minimum Gasteiger partial charge on any atom is -0.388 e. The second kappa shape index (κ2) is 13.3. The number of aliphatic hydroxyl groups is 6. The van der Waals surface area contributed by atoms with Crippen LogP contribution in [0.2, 0.25) is 0 Å². The second-order valence-corrected chi connectivity index (χ2v) is 8.24. The Morgan fingerprint density at radius 2 is 1.16 bits per heavy atom. The van der Waals surface area contributed by atoms with Crippen molar-refractivity contribution >= 4 is 0 Å². The third kappa shape index (κ3) is 7.27. The number of ether oxygens (including phenoxy) is 4. The average molecular weight is 454 g/mol. The highest BCUT2D eigenvalue weighted by Gasteiger charge is 2.47. The number of nitrogens with two attached hydrogens (primary N) is 1. The van der Waals surface area contributed by atoms with Crippen LogP contribution < -0.4 is 5.73 Å². The minimum atomic E-state index is -1.55. The van der Waals surface area contributed by atoms with Crippen LogP contribution in [0.4, 0.5) is 0 Å². The summed E-state index contributed by atoms with van der Waals surface area (Å²) in [6.45, 7) is 2.04.